The summed E-state index contributed by atoms with van der Waals surface area (Å²) in [5.74, 6) is 0. The van der Waals surface area contributed by atoms with Gasteiger partial charge in [0.2, 0.25) is 6.61 Å². The maximum atomic E-state index is 11.6. The van der Waals surface area contributed by atoms with E-state index in [0.717, 1.165) is 0 Å². The number of rotatable bonds is 2. The average Bonchev–Trinajstić information content (AvgIpc) is 2.34. The van der Waals surface area contributed by atoms with Crippen LogP contribution in [0, 0.1) is 0 Å². The number of alkyl halides is 3. The average molecular weight is 197 g/mol. The molecular weight excluding hydrogens is 187 g/mol. The van der Waals surface area contributed by atoms with Gasteiger partial charge in [-0.15, -0.1) is 0 Å². The molecule has 13 heavy (non-hydrogen) atoms. The molecule has 0 bridgehead atoms. The third-order valence-corrected chi connectivity index (χ3v) is 1.61. The lowest BCUT2D eigenvalue weighted by Crippen LogP contribution is -2.17. The highest BCUT2D eigenvalue weighted by Crippen LogP contribution is 2.15. The van der Waals surface area contributed by atoms with Gasteiger partial charge in [-0.25, -0.2) is 0 Å². The number of hydrogen-bond acceptors (Lipinski definition) is 3. The van der Waals surface area contributed by atoms with Crippen molar-refractivity contribution in [2.24, 2.45) is 5.16 Å². The first-order valence-electron chi connectivity index (χ1n) is 3.86. The zero-order valence-corrected chi connectivity index (χ0v) is 7.10. The minimum atomic E-state index is -4.33. The monoisotopic (exact) mass is 197 g/mol. The van der Waals surface area contributed by atoms with Crippen molar-refractivity contribution in [3.63, 3.8) is 0 Å². The second-order valence-electron chi connectivity index (χ2n) is 2.73. The third-order valence-electron chi connectivity index (χ3n) is 1.61. The van der Waals surface area contributed by atoms with Crippen LogP contribution < -0.4 is 0 Å². The van der Waals surface area contributed by atoms with Gasteiger partial charge >= 0.3 is 6.18 Å². The molecule has 6 heteroatoms. The van der Waals surface area contributed by atoms with Crippen molar-refractivity contribution in [1.82, 2.24) is 0 Å². The lowest BCUT2D eigenvalue weighted by Gasteiger charge is -2.05. The van der Waals surface area contributed by atoms with E-state index < -0.39 is 12.8 Å². The molecule has 0 aromatic carbocycles. The fourth-order valence-corrected chi connectivity index (χ4v) is 0.948. The highest BCUT2D eigenvalue weighted by Gasteiger charge is 2.29. The predicted octanol–water partition coefficient (Wildman–Crippen LogP) is 1.73. The van der Waals surface area contributed by atoms with Crippen molar-refractivity contribution >= 4 is 5.71 Å². The molecule has 0 amide bonds. The van der Waals surface area contributed by atoms with Gasteiger partial charge in [0.25, 0.3) is 0 Å². The summed E-state index contributed by atoms with van der Waals surface area (Å²) in [6.45, 7) is 0.876. The number of ether oxygens (including phenoxy) is 1. The third kappa shape index (κ3) is 3.63. The summed E-state index contributed by atoms with van der Waals surface area (Å²) in [5.41, 5.74) is 0.532. The largest absolute Gasteiger partial charge is 0.425 e. The topological polar surface area (TPSA) is 30.8 Å². The molecule has 1 aliphatic rings. The Kier molecular flexibility index (Phi) is 3.13. The van der Waals surface area contributed by atoms with Gasteiger partial charge in [0.15, 0.2) is 0 Å². The van der Waals surface area contributed by atoms with Gasteiger partial charge in [-0.1, -0.05) is 5.16 Å². The van der Waals surface area contributed by atoms with Gasteiger partial charge in [-0.2, -0.15) is 13.2 Å². The van der Waals surface area contributed by atoms with Crippen LogP contribution in [0.25, 0.3) is 0 Å². The molecule has 0 spiro atoms. The Bertz CT molecular complexity index is 202. The first kappa shape index (κ1) is 10.3. The van der Waals surface area contributed by atoms with Gasteiger partial charge in [-0.3, -0.25) is 0 Å². The van der Waals surface area contributed by atoms with Crippen LogP contribution in [0.15, 0.2) is 5.16 Å². The van der Waals surface area contributed by atoms with Crippen LogP contribution in [-0.2, 0) is 9.57 Å². The molecule has 0 saturated carbocycles. The van der Waals surface area contributed by atoms with Crippen LogP contribution >= 0.6 is 0 Å². The summed E-state index contributed by atoms with van der Waals surface area (Å²) in [5, 5.41) is 3.36. The Morgan fingerprint density at radius 1 is 1.62 bits per heavy atom. The van der Waals surface area contributed by atoms with Gasteiger partial charge < -0.3 is 9.57 Å². The molecule has 1 heterocycles. The second kappa shape index (κ2) is 3.95. The van der Waals surface area contributed by atoms with E-state index in [2.05, 4.69) is 9.99 Å². The Hall–Kier alpha value is -0.780. The molecule has 1 saturated heterocycles. The summed E-state index contributed by atoms with van der Waals surface area (Å²) in [7, 11) is 0. The van der Waals surface area contributed by atoms with E-state index in [1.54, 1.807) is 6.92 Å². The molecule has 1 rings (SSSR count). The Morgan fingerprint density at radius 3 is 2.77 bits per heavy atom. The summed E-state index contributed by atoms with van der Waals surface area (Å²) < 4.78 is 39.9. The van der Waals surface area contributed by atoms with Crippen molar-refractivity contribution in [3.8, 4) is 0 Å². The second-order valence-corrected chi connectivity index (χ2v) is 2.73. The summed E-state index contributed by atoms with van der Waals surface area (Å²) in [6.07, 6.45) is -4.01. The molecule has 0 radical (unpaired) electrons. The van der Waals surface area contributed by atoms with Gasteiger partial charge in [0.1, 0.15) is 0 Å². The molecule has 1 atom stereocenters. The first-order valence-corrected chi connectivity index (χ1v) is 3.86. The molecule has 0 N–H and O–H groups in total. The molecule has 1 aliphatic heterocycles. The number of nitrogens with zero attached hydrogens (tertiary/aromatic N) is 1. The Labute approximate surface area is 73.5 Å². The van der Waals surface area contributed by atoms with Crippen LogP contribution in [0.3, 0.4) is 0 Å². The maximum Gasteiger partial charge on any atom is 0.425 e. The zero-order chi connectivity index (χ0) is 9.90. The Morgan fingerprint density at radius 2 is 2.31 bits per heavy atom. The van der Waals surface area contributed by atoms with Crippen LogP contribution in [0.2, 0.25) is 0 Å². The Balaban J connectivity index is 2.31. The number of oxime groups is 1. The summed E-state index contributed by atoms with van der Waals surface area (Å²) in [4.78, 5) is 4.14. The van der Waals surface area contributed by atoms with E-state index in [4.69, 9.17) is 4.74 Å². The van der Waals surface area contributed by atoms with Crippen LogP contribution in [0.5, 0.6) is 0 Å². The van der Waals surface area contributed by atoms with Gasteiger partial charge in [0.05, 0.1) is 18.4 Å². The lowest BCUT2D eigenvalue weighted by atomic mass is 10.2. The normalized spacial score (nSPS) is 26.8. The fraction of sp³-hybridized carbons (Fsp3) is 0.857. The number of hydrogen-bond donors (Lipinski definition) is 0. The highest BCUT2D eigenvalue weighted by atomic mass is 19.4. The van der Waals surface area contributed by atoms with Crippen molar-refractivity contribution in [2.45, 2.75) is 25.6 Å². The molecule has 76 valence electrons. The van der Waals surface area contributed by atoms with E-state index in [0.29, 0.717) is 18.7 Å². The lowest BCUT2D eigenvalue weighted by molar-refractivity contribution is -0.173. The number of halogens is 3. The van der Waals surface area contributed by atoms with Crippen LogP contribution in [0.4, 0.5) is 13.2 Å². The van der Waals surface area contributed by atoms with Crippen LogP contribution in [-0.4, -0.2) is 31.2 Å². The molecule has 1 fully saturated rings. The molecule has 0 aliphatic carbocycles. The first-order chi connectivity index (χ1) is 5.99. The standard InChI is InChI=1S/C7H10F3NO2/c1-5-6(2-3-12-5)11-13-4-7(8,9)10/h5H,2-4H2,1H3/b11-6+. The van der Waals surface area contributed by atoms with E-state index in [-0.39, 0.29) is 6.10 Å². The van der Waals surface area contributed by atoms with Crippen molar-refractivity contribution in [3.05, 3.63) is 0 Å². The quantitative estimate of drug-likeness (QED) is 0.631. The predicted molar refractivity (Wildman–Crippen MR) is 39.5 cm³/mol. The van der Waals surface area contributed by atoms with E-state index in [1.807, 2.05) is 0 Å². The molecular formula is C7H10F3NO2. The highest BCUT2D eigenvalue weighted by molar-refractivity contribution is 5.89. The zero-order valence-electron chi connectivity index (χ0n) is 7.10. The van der Waals surface area contributed by atoms with Crippen molar-refractivity contribution < 1.29 is 22.7 Å². The van der Waals surface area contributed by atoms with Crippen molar-refractivity contribution in [2.75, 3.05) is 13.2 Å². The van der Waals surface area contributed by atoms with E-state index >= 15 is 0 Å². The van der Waals surface area contributed by atoms with Crippen LogP contribution in [0.1, 0.15) is 13.3 Å². The van der Waals surface area contributed by atoms with E-state index in [9.17, 15) is 13.2 Å². The minimum absolute atomic E-state index is 0.228. The summed E-state index contributed by atoms with van der Waals surface area (Å²) in [6, 6.07) is 0. The van der Waals surface area contributed by atoms with Gasteiger partial charge in [-0.05, 0) is 6.92 Å². The molecule has 1 unspecified atom stereocenters. The molecule has 3 nitrogen and oxygen atoms in total. The molecule has 0 aromatic heterocycles. The minimum Gasteiger partial charge on any atom is -0.386 e. The smallest absolute Gasteiger partial charge is 0.386 e. The SMILES string of the molecule is CC1OCC/C1=N\OCC(F)(F)F. The molecule has 0 aromatic rings. The summed E-state index contributed by atoms with van der Waals surface area (Å²) >= 11 is 0. The fourth-order valence-electron chi connectivity index (χ4n) is 0.948. The van der Waals surface area contributed by atoms with Gasteiger partial charge in [0, 0.05) is 6.42 Å². The van der Waals surface area contributed by atoms with E-state index in [1.165, 1.54) is 0 Å². The van der Waals surface area contributed by atoms with Crippen molar-refractivity contribution in [1.29, 1.82) is 0 Å². The maximum absolute atomic E-state index is 11.6.